The average molecular weight is 501 g/mol. The molecule has 39 heavy (non-hydrogen) atoms. The van der Waals surface area contributed by atoms with E-state index in [1.807, 2.05) is 30.3 Å². The topological polar surface area (TPSA) is 44.1 Å². The minimum absolute atomic E-state index is 0.547. The summed E-state index contributed by atoms with van der Waals surface area (Å²) >= 11 is 0. The van der Waals surface area contributed by atoms with Gasteiger partial charge in [0.15, 0.2) is 5.58 Å². The Morgan fingerprint density at radius 1 is 0.513 bits per heavy atom. The Morgan fingerprint density at radius 2 is 1.31 bits per heavy atom. The Morgan fingerprint density at radius 3 is 2.23 bits per heavy atom. The Kier molecular flexibility index (Phi) is 4.02. The van der Waals surface area contributed by atoms with Crippen LogP contribution in [0.1, 0.15) is 0 Å². The number of aromatic nitrogens is 2. The minimum Gasteiger partial charge on any atom is -0.456 e. The normalized spacial score (nSPS) is 12.1. The SMILES string of the molecule is c1ccc(-c2ccc3c(c2)c2c4ccccc4ccc2n3-c2nc3ccc4oc5ccccc5c4c3o2)cc1. The van der Waals surface area contributed by atoms with Gasteiger partial charge in [-0.1, -0.05) is 84.9 Å². The van der Waals surface area contributed by atoms with E-state index in [9.17, 15) is 0 Å². The van der Waals surface area contributed by atoms with Crippen molar-refractivity contribution in [3.63, 3.8) is 0 Å². The Bertz CT molecular complexity index is 2390. The maximum Gasteiger partial charge on any atom is 0.307 e. The van der Waals surface area contributed by atoms with Gasteiger partial charge >= 0.3 is 6.01 Å². The van der Waals surface area contributed by atoms with Crippen LogP contribution in [0.25, 0.3) is 82.8 Å². The summed E-state index contributed by atoms with van der Waals surface area (Å²) in [7, 11) is 0. The van der Waals surface area contributed by atoms with E-state index in [2.05, 4.69) is 95.6 Å². The van der Waals surface area contributed by atoms with Crippen molar-refractivity contribution in [2.45, 2.75) is 0 Å². The summed E-state index contributed by atoms with van der Waals surface area (Å²) in [5.74, 6) is 0. The largest absolute Gasteiger partial charge is 0.456 e. The van der Waals surface area contributed by atoms with E-state index in [1.165, 1.54) is 32.7 Å². The molecule has 0 spiro atoms. The van der Waals surface area contributed by atoms with Gasteiger partial charge < -0.3 is 8.83 Å². The number of nitrogens with zero attached hydrogens (tertiary/aromatic N) is 2. The van der Waals surface area contributed by atoms with E-state index in [0.29, 0.717) is 6.01 Å². The van der Waals surface area contributed by atoms with Crippen molar-refractivity contribution in [3.05, 3.63) is 121 Å². The highest BCUT2D eigenvalue weighted by Gasteiger charge is 2.21. The fourth-order valence-corrected chi connectivity index (χ4v) is 6.09. The van der Waals surface area contributed by atoms with Gasteiger partial charge in [0.25, 0.3) is 0 Å². The van der Waals surface area contributed by atoms with Crippen LogP contribution in [0.2, 0.25) is 0 Å². The molecule has 6 aromatic carbocycles. The number of hydrogen-bond donors (Lipinski definition) is 0. The summed E-state index contributed by atoms with van der Waals surface area (Å²) in [6.45, 7) is 0. The minimum atomic E-state index is 0.547. The summed E-state index contributed by atoms with van der Waals surface area (Å²) in [6.07, 6.45) is 0. The predicted molar refractivity (Wildman–Crippen MR) is 159 cm³/mol. The van der Waals surface area contributed by atoms with Crippen molar-refractivity contribution in [1.29, 1.82) is 0 Å². The first-order valence-corrected chi connectivity index (χ1v) is 13.1. The van der Waals surface area contributed by atoms with Crippen LogP contribution in [0, 0.1) is 0 Å². The Balaban J connectivity index is 1.40. The van der Waals surface area contributed by atoms with Gasteiger partial charge in [0.2, 0.25) is 0 Å². The fourth-order valence-electron chi connectivity index (χ4n) is 6.09. The van der Waals surface area contributed by atoms with Crippen molar-refractivity contribution in [1.82, 2.24) is 9.55 Å². The molecule has 0 unspecified atom stereocenters. The molecule has 0 saturated carbocycles. The molecule has 3 aromatic heterocycles. The molecule has 4 heteroatoms. The van der Waals surface area contributed by atoms with E-state index in [0.717, 1.165) is 44.1 Å². The molecule has 0 aliphatic rings. The zero-order valence-electron chi connectivity index (χ0n) is 20.8. The molecule has 0 radical (unpaired) electrons. The Labute approximate surface area is 222 Å². The first-order valence-electron chi connectivity index (χ1n) is 13.1. The van der Waals surface area contributed by atoms with Crippen LogP contribution >= 0.6 is 0 Å². The number of fused-ring (bicyclic) bond motifs is 10. The second kappa shape index (κ2) is 7.59. The van der Waals surface area contributed by atoms with Gasteiger partial charge in [0.05, 0.1) is 16.4 Å². The molecule has 0 atom stereocenters. The molecule has 4 nitrogen and oxygen atoms in total. The molecule has 182 valence electrons. The molecule has 0 aliphatic carbocycles. The van der Waals surface area contributed by atoms with E-state index >= 15 is 0 Å². The Hall–Kier alpha value is -5.35. The molecular formula is C35H20N2O2. The van der Waals surface area contributed by atoms with E-state index < -0.39 is 0 Å². The van der Waals surface area contributed by atoms with Gasteiger partial charge in [-0.15, -0.1) is 0 Å². The molecule has 0 N–H and O–H groups in total. The summed E-state index contributed by atoms with van der Waals surface area (Å²) in [6, 6.07) is 42.7. The summed E-state index contributed by atoms with van der Waals surface area (Å²) in [5.41, 5.74) is 7.68. The number of hydrogen-bond acceptors (Lipinski definition) is 3. The molecule has 0 bridgehead atoms. The van der Waals surface area contributed by atoms with Crippen molar-refractivity contribution >= 4 is 65.6 Å². The first-order chi connectivity index (χ1) is 19.3. The average Bonchev–Trinajstić information content (AvgIpc) is 3.68. The number of para-hydroxylation sites is 1. The lowest BCUT2D eigenvalue weighted by Gasteiger charge is -2.04. The molecule has 0 aliphatic heterocycles. The van der Waals surface area contributed by atoms with E-state index in [-0.39, 0.29) is 0 Å². The van der Waals surface area contributed by atoms with Crippen LogP contribution in [0.4, 0.5) is 0 Å². The highest BCUT2D eigenvalue weighted by atomic mass is 16.4. The lowest BCUT2D eigenvalue weighted by atomic mass is 10.0. The number of benzene rings is 6. The highest BCUT2D eigenvalue weighted by molar-refractivity contribution is 6.22. The monoisotopic (exact) mass is 500 g/mol. The molecule has 0 fully saturated rings. The number of furan rings is 1. The van der Waals surface area contributed by atoms with Crippen LogP contribution < -0.4 is 0 Å². The molecule has 0 amide bonds. The fraction of sp³-hybridized carbons (Fsp3) is 0. The molecule has 9 rings (SSSR count). The third-order valence-corrected chi connectivity index (χ3v) is 7.84. The van der Waals surface area contributed by atoms with Gasteiger partial charge in [-0.3, -0.25) is 4.57 Å². The number of oxazole rings is 1. The quantitative estimate of drug-likeness (QED) is 0.237. The summed E-state index contributed by atoms with van der Waals surface area (Å²) in [4.78, 5) is 5.01. The zero-order valence-corrected chi connectivity index (χ0v) is 20.8. The van der Waals surface area contributed by atoms with Gasteiger partial charge in [-0.05, 0) is 58.3 Å². The highest BCUT2D eigenvalue weighted by Crippen LogP contribution is 2.40. The third-order valence-electron chi connectivity index (χ3n) is 7.84. The van der Waals surface area contributed by atoms with E-state index in [1.54, 1.807) is 0 Å². The molecule has 9 aromatic rings. The zero-order chi connectivity index (χ0) is 25.5. The molecule has 0 saturated heterocycles. The van der Waals surface area contributed by atoms with Crippen molar-refractivity contribution < 1.29 is 8.83 Å². The van der Waals surface area contributed by atoms with Crippen LogP contribution in [-0.2, 0) is 0 Å². The second-order valence-electron chi connectivity index (χ2n) is 10.00. The van der Waals surface area contributed by atoms with Crippen molar-refractivity contribution in [3.8, 4) is 17.1 Å². The van der Waals surface area contributed by atoms with Gasteiger partial charge in [-0.2, -0.15) is 4.98 Å². The van der Waals surface area contributed by atoms with E-state index in [4.69, 9.17) is 13.8 Å². The summed E-state index contributed by atoms with van der Waals surface area (Å²) in [5, 5.41) is 6.77. The lowest BCUT2D eigenvalue weighted by molar-refractivity contribution is 0.577. The smallest absolute Gasteiger partial charge is 0.307 e. The van der Waals surface area contributed by atoms with Gasteiger partial charge in [0.1, 0.15) is 16.7 Å². The molecular weight excluding hydrogens is 480 g/mol. The second-order valence-corrected chi connectivity index (χ2v) is 10.00. The molecule has 3 heterocycles. The first kappa shape index (κ1) is 20.7. The maximum atomic E-state index is 6.63. The maximum absolute atomic E-state index is 6.63. The lowest BCUT2D eigenvalue weighted by Crippen LogP contribution is -1.93. The predicted octanol–water partition coefficient (Wildman–Crippen LogP) is 9.64. The van der Waals surface area contributed by atoms with Crippen LogP contribution in [-0.4, -0.2) is 9.55 Å². The number of rotatable bonds is 2. The van der Waals surface area contributed by atoms with Crippen molar-refractivity contribution in [2.24, 2.45) is 0 Å². The van der Waals surface area contributed by atoms with Gasteiger partial charge in [0, 0.05) is 16.2 Å². The standard InChI is InChI=1S/C35H20N2O2/c1-2-8-21(9-3-1)23-15-17-28-26(20-23)32-24-11-5-4-10-22(24)14-18-29(32)37(28)35-36-27-16-19-31-33(34(27)39-35)25-12-6-7-13-30(25)38-31/h1-20H. The van der Waals surface area contributed by atoms with Crippen molar-refractivity contribution in [2.75, 3.05) is 0 Å². The summed E-state index contributed by atoms with van der Waals surface area (Å²) < 4.78 is 14.9. The van der Waals surface area contributed by atoms with Gasteiger partial charge in [-0.25, -0.2) is 0 Å². The third kappa shape index (κ3) is 2.85. The van der Waals surface area contributed by atoms with Crippen LogP contribution in [0.15, 0.2) is 130 Å². The van der Waals surface area contributed by atoms with Crippen LogP contribution in [0.3, 0.4) is 0 Å². The van der Waals surface area contributed by atoms with Crippen LogP contribution in [0.5, 0.6) is 0 Å².